The number of carbonyl (C=O) groups excluding carboxylic acids is 1. The molecule has 0 aliphatic rings. The third-order valence-corrected chi connectivity index (χ3v) is 9.92. The van der Waals surface area contributed by atoms with E-state index < -0.39 is 27.0 Å². The highest BCUT2D eigenvalue weighted by Gasteiger charge is 2.20. The molecule has 256 valence electrons. The lowest BCUT2D eigenvalue weighted by molar-refractivity contribution is -0.132. The molecule has 0 saturated carbocycles. The fourth-order valence-electron chi connectivity index (χ4n) is 5.87. The Morgan fingerprint density at radius 2 is 1.47 bits per heavy atom. The van der Waals surface area contributed by atoms with Crippen molar-refractivity contribution in [2.24, 2.45) is 0 Å². The summed E-state index contributed by atoms with van der Waals surface area (Å²) in [5, 5.41) is 0.367. The Balaban J connectivity index is 1.43. The lowest BCUT2D eigenvalue weighted by Crippen LogP contribution is -2.40. The van der Waals surface area contributed by atoms with Gasteiger partial charge in [0.25, 0.3) is 5.56 Å². The molecule has 0 atom stereocenters. The number of fused-ring (bicyclic) bond motifs is 1. The van der Waals surface area contributed by atoms with Gasteiger partial charge in [0.1, 0.15) is 12.4 Å². The Morgan fingerprint density at radius 1 is 0.816 bits per heavy atom. The van der Waals surface area contributed by atoms with E-state index in [1.807, 2.05) is 24.3 Å². The van der Waals surface area contributed by atoms with Gasteiger partial charge in [-0.15, -0.1) is 0 Å². The number of sulfone groups is 1. The number of likely N-dealkylation sites (N-methyl/N-ethyl adjacent to an activating group) is 1. The van der Waals surface area contributed by atoms with Crippen LogP contribution in [0.1, 0.15) is 30.8 Å². The zero-order valence-electron chi connectivity index (χ0n) is 27.9. The quantitative estimate of drug-likeness (QED) is 0.145. The highest BCUT2D eigenvalue weighted by atomic mass is 32.2. The molecule has 0 spiro atoms. The molecular weight excluding hydrogens is 647 g/mol. The lowest BCUT2D eigenvalue weighted by atomic mass is 10.0. The average molecular weight is 687 g/mol. The van der Waals surface area contributed by atoms with Gasteiger partial charge in [0.15, 0.2) is 21.5 Å². The van der Waals surface area contributed by atoms with Gasteiger partial charge in [-0.3, -0.25) is 9.59 Å². The van der Waals surface area contributed by atoms with Crippen molar-refractivity contribution in [1.82, 2.24) is 19.4 Å². The number of benzene rings is 4. The van der Waals surface area contributed by atoms with Gasteiger partial charge in [-0.05, 0) is 72.1 Å². The molecule has 0 fully saturated rings. The van der Waals surface area contributed by atoms with Crippen LogP contribution in [0.15, 0.2) is 101 Å². The van der Waals surface area contributed by atoms with Crippen LogP contribution in [0.5, 0.6) is 0 Å². The topological polar surface area (TPSA) is 92.6 Å². The van der Waals surface area contributed by atoms with Crippen LogP contribution in [-0.2, 0) is 40.6 Å². The fraction of sp³-hybridized carbons (Fsp3) is 0.289. The Kier molecular flexibility index (Phi) is 11.4. The predicted molar refractivity (Wildman–Crippen MR) is 188 cm³/mol. The first kappa shape index (κ1) is 35.6. The third-order valence-electron chi connectivity index (χ3n) is 8.79. The first-order valence-corrected chi connectivity index (χ1v) is 18.2. The Morgan fingerprint density at radius 3 is 2.12 bits per heavy atom. The molecule has 0 bridgehead atoms. The summed E-state index contributed by atoms with van der Waals surface area (Å²) in [5.74, 6) is -1.75. The molecule has 49 heavy (non-hydrogen) atoms. The summed E-state index contributed by atoms with van der Waals surface area (Å²) in [7, 11) is -3.30. The predicted octanol–water partition coefficient (Wildman–Crippen LogP) is 5.90. The minimum absolute atomic E-state index is 0.0948. The molecule has 0 saturated heterocycles. The van der Waals surface area contributed by atoms with E-state index in [4.69, 9.17) is 0 Å². The number of rotatable bonds is 14. The summed E-state index contributed by atoms with van der Waals surface area (Å²) < 4.78 is 53.9. The molecule has 0 N–H and O–H groups in total. The van der Waals surface area contributed by atoms with Crippen LogP contribution >= 0.6 is 0 Å². The van der Waals surface area contributed by atoms with Crippen LogP contribution < -0.4 is 5.56 Å². The van der Waals surface area contributed by atoms with Crippen molar-refractivity contribution < 1.29 is 22.0 Å². The minimum atomic E-state index is -3.30. The summed E-state index contributed by atoms with van der Waals surface area (Å²) in [6.45, 7) is 7.18. The van der Waals surface area contributed by atoms with Crippen LogP contribution in [0, 0.1) is 11.6 Å². The second-order valence-corrected chi connectivity index (χ2v) is 14.0. The zero-order valence-corrected chi connectivity index (χ0v) is 28.7. The molecule has 1 aromatic heterocycles. The molecule has 0 unspecified atom stereocenters. The number of aryl methyl sites for hydroxylation is 2. The van der Waals surface area contributed by atoms with Gasteiger partial charge in [0.2, 0.25) is 5.91 Å². The highest BCUT2D eigenvalue weighted by Crippen LogP contribution is 2.23. The van der Waals surface area contributed by atoms with Gasteiger partial charge in [0.05, 0.1) is 15.8 Å². The monoisotopic (exact) mass is 686 g/mol. The van der Waals surface area contributed by atoms with Crippen LogP contribution in [0.2, 0.25) is 0 Å². The van der Waals surface area contributed by atoms with Gasteiger partial charge in [-0.1, -0.05) is 74.5 Å². The van der Waals surface area contributed by atoms with Crippen molar-refractivity contribution in [3.05, 3.63) is 130 Å². The van der Waals surface area contributed by atoms with Crippen LogP contribution in [-0.4, -0.2) is 66.1 Å². The van der Waals surface area contributed by atoms with E-state index >= 15 is 0 Å². The molecular formula is C38H40F2N4O4S. The normalized spacial score (nSPS) is 11.7. The molecule has 0 aliphatic heterocycles. The summed E-state index contributed by atoms with van der Waals surface area (Å²) in [5.41, 5.74) is 2.95. The SMILES string of the molecule is CCN(CC)CCN(Cc1ccc(-c2ccc(S(C)(=O)=O)cc2)cc1)C(=O)Cn1c(CCc2cccc(F)c2F)nc(=O)c2ccccc21. The number of halogens is 2. The number of hydrogen-bond donors (Lipinski definition) is 0. The highest BCUT2D eigenvalue weighted by molar-refractivity contribution is 7.90. The number of nitrogens with zero attached hydrogens (tertiary/aromatic N) is 4. The van der Waals surface area contributed by atoms with Crippen LogP contribution in [0.25, 0.3) is 22.0 Å². The number of aromatic nitrogens is 2. The molecule has 5 aromatic rings. The van der Waals surface area contributed by atoms with Gasteiger partial charge in [-0.2, -0.15) is 4.98 Å². The second-order valence-electron chi connectivity index (χ2n) is 12.0. The molecule has 4 aromatic carbocycles. The Hall–Kier alpha value is -4.74. The van der Waals surface area contributed by atoms with E-state index in [9.17, 15) is 26.8 Å². The molecule has 1 amide bonds. The first-order valence-electron chi connectivity index (χ1n) is 16.3. The zero-order chi connectivity index (χ0) is 35.1. The molecule has 11 heteroatoms. The number of hydrogen-bond acceptors (Lipinski definition) is 6. The third kappa shape index (κ3) is 8.65. The van der Waals surface area contributed by atoms with Crippen LogP contribution in [0.3, 0.4) is 0 Å². The van der Waals surface area contributed by atoms with E-state index in [-0.39, 0.29) is 35.8 Å². The van der Waals surface area contributed by atoms with E-state index in [0.717, 1.165) is 35.8 Å². The molecule has 0 radical (unpaired) electrons. The summed E-state index contributed by atoms with van der Waals surface area (Å²) in [6, 6.07) is 25.5. The smallest absolute Gasteiger partial charge is 0.280 e. The van der Waals surface area contributed by atoms with Gasteiger partial charge < -0.3 is 14.4 Å². The lowest BCUT2D eigenvalue weighted by Gasteiger charge is -2.28. The molecule has 0 aliphatic carbocycles. The summed E-state index contributed by atoms with van der Waals surface area (Å²) in [6.07, 6.45) is 1.40. The maximum absolute atomic E-state index is 14.5. The second kappa shape index (κ2) is 15.7. The van der Waals surface area contributed by atoms with Gasteiger partial charge >= 0.3 is 0 Å². The van der Waals surface area contributed by atoms with E-state index in [0.29, 0.717) is 36.4 Å². The fourth-order valence-corrected chi connectivity index (χ4v) is 6.50. The van der Waals surface area contributed by atoms with Crippen molar-refractivity contribution >= 4 is 26.6 Å². The van der Waals surface area contributed by atoms with Crippen molar-refractivity contribution in [3.8, 4) is 11.1 Å². The molecule has 8 nitrogen and oxygen atoms in total. The minimum Gasteiger partial charge on any atom is -0.336 e. The number of amides is 1. The average Bonchev–Trinajstić information content (AvgIpc) is 3.10. The first-order chi connectivity index (χ1) is 23.5. The maximum atomic E-state index is 14.5. The van der Waals surface area contributed by atoms with Crippen molar-refractivity contribution in [2.75, 3.05) is 32.4 Å². The maximum Gasteiger partial charge on any atom is 0.280 e. The van der Waals surface area contributed by atoms with Crippen LogP contribution in [0.4, 0.5) is 8.78 Å². The Bertz CT molecular complexity index is 2100. The van der Waals surface area contributed by atoms with Crippen molar-refractivity contribution in [1.29, 1.82) is 0 Å². The number of carbonyl (C=O) groups is 1. The number of para-hydroxylation sites is 1. The molecule has 5 rings (SSSR count). The van der Waals surface area contributed by atoms with E-state index in [1.54, 1.807) is 58.0 Å². The largest absolute Gasteiger partial charge is 0.336 e. The van der Waals surface area contributed by atoms with E-state index in [2.05, 4.69) is 23.7 Å². The van der Waals surface area contributed by atoms with Gasteiger partial charge in [-0.25, -0.2) is 17.2 Å². The standard InChI is InChI=1S/C38H40F2N4O4S/c1-4-42(5-2)23-24-43(25-27-13-15-28(16-14-27)29-17-20-31(21-18-29)49(3,47)48)36(45)26-44-34-12-7-6-10-32(34)38(46)41-35(44)22-19-30-9-8-11-33(39)37(30)40/h6-18,20-21H,4-5,19,22-26H2,1-3H3. The van der Waals surface area contributed by atoms with Gasteiger partial charge in [0, 0.05) is 32.3 Å². The van der Waals surface area contributed by atoms with Crippen molar-refractivity contribution in [2.45, 2.75) is 44.7 Å². The molecule has 1 heterocycles. The Labute approximate surface area is 285 Å². The summed E-state index contributed by atoms with van der Waals surface area (Å²) >= 11 is 0. The van der Waals surface area contributed by atoms with Crippen molar-refractivity contribution in [3.63, 3.8) is 0 Å². The summed E-state index contributed by atoms with van der Waals surface area (Å²) in [4.78, 5) is 35.8. The van der Waals surface area contributed by atoms with E-state index in [1.165, 1.54) is 18.4 Å².